The van der Waals surface area contributed by atoms with E-state index >= 15 is 0 Å². The molecule has 2 rings (SSSR count). The molecular formula is C17H22N2. The van der Waals surface area contributed by atoms with Crippen molar-refractivity contribution in [3.63, 3.8) is 0 Å². The highest BCUT2D eigenvalue weighted by atomic mass is 15.1. The van der Waals surface area contributed by atoms with Gasteiger partial charge in [-0.1, -0.05) is 42.5 Å². The maximum absolute atomic E-state index is 3.43. The van der Waals surface area contributed by atoms with Gasteiger partial charge in [-0.05, 0) is 37.2 Å². The summed E-state index contributed by atoms with van der Waals surface area (Å²) in [5.74, 6) is 0. The molecule has 0 heterocycles. The van der Waals surface area contributed by atoms with Crippen LogP contribution in [0.4, 0.5) is 5.69 Å². The standard InChI is InChI=1S/C17H22N2/c1-15-8-6-7-9-16(15)14-19(2)13-12-18-17-10-4-3-5-11-17/h3-11,18H,12-14H2,1-2H3. The van der Waals surface area contributed by atoms with Gasteiger partial charge in [0.15, 0.2) is 0 Å². The summed E-state index contributed by atoms with van der Waals surface area (Å²) in [4.78, 5) is 2.35. The second kappa shape index (κ2) is 6.95. The third-order valence-electron chi connectivity index (χ3n) is 3.30. The van der Waals surface area contributed by atoms with Crippen LogP contribution in [0.2, 0.25) is 0 Å². The molecule has 0 aliphatic rings. The van der Waals surface area contributed by atoms with Gasteiger partial charge in [-0.2, -0.15) is 0 Å². The van der Waals surface area contributed by atoms with Gasteiger partial charge in [0.05, 0.1) is 0 Å². The van der Waals surface area contributed by atoms with Crippen molar-refractivity contribution < 1.29 is 0 Å². The molecule has 0 amide bonds. The van der Waals surface area contributed by atoms with E-state index in [4.69, 9.17) is 0 Å². The molecule has 0 fully saturated rings. The Labute approximate surface area is 116 Å². The molecule has 2 nitrogen and oxygen atoms in total. The zero-order valence-electron chi connectivity index (χ0n) is 11.8. The lowest BCUT2D eigenvalue weighted by atomic mass is 10.1. The first kappa shape index (κ1) is 13.6. The molecule has 0 aromatic heterocycles. The number of rotatable bonds is 6. The monoisotopic (exact) mass is 254 g/mol. The van der Waals surface area contributed by atoms with E-state index in [0.29, 0.717) is 0 Å². The molecule has 0 atom stereocenters. The first-order chi connectivity index (χ1) is 9.25. The minimum Gasteiger partial charge on any atom is -0.384 e. The van der Waals surface area contributed by atoms with Crippen molar-refractivity contribution in [1.82, 2.24) is 4.90 Å². The molecule has 100 valence electrons. The molecule has 0 radical (unpaired) electrons. The Morgan fingerprint density at radius 2 is 1.63 bits per heavy atom. The number of para-hydroxylation sites is 1. The van der Waals surface area contributed by atoms with Gasteiger partial charge in [0.25, 0.3) is 0 Å². The predicted molar refractivity (Wildman–Crippen MR) is 82.4 cm³/mol. The maximum Gasteiger partial charge on any atom is 0.0340 e. The molecule has 0 unspecified atom stereocenters. The first-order valence-corrected chi connectivity index (χ1v) is 6.77. The smallest absolute Gasteiger partial charge is 0.0340 e. The lowest BCUT2D eigenvalue weighted by Gasteiger charge is -2.18. The SMILES string of the molecule is Cc1ccccc1CN(C)CCNc1ccccc1. The van der Waals surface area contributed by atoms with Crippen molar-refractivity contribution in [1.29, 1.82) is 0 Å². The zero-order chi connectivity index (χ0) is 13.5. The van der Waals surface area contributed by atoms with Crippen LogP contribution in [-0.4, -0.2) is 25.0 Å². The van der Waals surface area contributed by atoms with E-state index < -0.39 is 0 Å². The second-order valence-corrected chi connectivity index (χ2v) is 4.96. The number of aryl methyl sites for hydroxylation is 1. The second-order valence-electron chi connectivity index (χ2n) is 4.96. The largest absolute Gasteiger partial charge is 0.384 e. The van der Waals surface area contributed by atoms with Gasteiger partial charge in [-0.25, -0.2) is 0 Å². The molecule has 2 aromatic rings. The van der Waals surface area contributed by atoms with Crippen molar-refractivity contribution >= 4 is 5.69 Å². The molecule has 0 aliphatic carbocycles. The molecule has 0 bridgehead atoms. The van der Waals surface area contributed by atoms with Crippen LogP contribution in [0.15, 0.2) is 54.6 Å². The van der Waals surface area contributed by atoms with Crippen LogP contribution < -0.4 is 5.32 Å². The fraction of sp³-hybridized carbons (Fsp3) is 0.294. The topological polar surface area (TPSA) is 15.3 Å². The number of benzene rings is 2. The van der Waals surface area contributed by atoms with E-state index in [0.717, 1.165) is 19.6 Å². The molecular weight excluding hydrogens is 232 g/mol. The van der Waals surface area contributed by atoms with E-state index in [1.54, 1.807) is 0 Å². The fourth-order valence-electron chi connectivity index (χ4n) is 2.10. The van der Waals surface area contributed by atoms with Gasteiger partial charge in [-0.3, -0.25) is 0 Å². The molecule has 0 spiro atoms. The van der Waals surface area contributed by atoms with Crippen LogP contribution in [0.3, 0.4) is 0 Å². The molecule has 2 aromatic carbocycles. The Morgan fingerprint density at radius 3 is 2.37 bits per heavy atom. The summed E-state index contributed by atoms with van der Waals surface area (Å²) in [6.45, 7) is 5.17. The zero-order valence-corrected chi connectivity index (χ0v) is 11.8. The molecule has 2 heteroatoms. The van der Waals surface area contributed by atoms with Crippen LogP contribution in [0, 0.1) is 6.92 Å². The number of nitrogens with one attached hydrogen (secondary N) is 1. The highest BCUT2D eigenvalue weighted by molar-refractivity contribution is 5.42. The van der Waals surface area contributed by atoms with Gasteiger partial charge in [0.2, 0.25) is 0 Å². The summed E-state index contributed by atoms with van der Waals surface area (Å²) in [5.41, 5.74) is 3.96. The summed E-state index contributed by atoms with van der Waals surface area (Å²) in [5, 5.41) is 3.43. The van der Waals surface area contributed by atoms with Crippen LogP contribution >= 0.6 is 0 Å². The quantitative estimate of drug-likeness (QED) is 0.848. The van der Waals surface area contributed by atoms with Crippen LogP contribution in [0.5, 0.6) is 0 Å². The van der Waals surface area contributed by atoms with E-state index in [-0.39, 0.29) is 0 Å². The van der Waals surface area contributed by atoms with Crippen LogP contribution in [0.1, 0.15) is 11.1 Å². The van der Waals surface area contributed by atoms with Crippen molar-refractivity contribution in [2.75, 3.05) is 25.5 Å². The minimum absolute atomic E-state index is 0.965. The average molecular weight is 254 g/mol. The van der Waals surface area contributed by atoms with Gasteiger partial charge in [0, 0.05) is 25.3 Å². The summed E-state index contributed by atoms with van der Waals surface area (Å²) in [7, 11) is 2.17. The summed E-state index contributed by atoms with van der Waals surface area (Å²) < 4.78 is 0. The lowest BCUT2D eigenvalue weighted by molar-refractivity contribution is 0.339. The number of anilines is 1. The highest BCUT2D eigenvalue weighted by Crippen LogP contribution is 2.09. The highest BCUT2D eigenvalue weighted by Gasteiger charge is 2.02. The summed E-state index contributed by atoms with van der Waals surface area (Å²) >= 11 is 0. The Hall–Kier alpha value is -1.80. The van der Waals surface area contributed by atoms with Gasteiger partial charge in [-0.15, -0.1) is 0 Å². The minimum atomic E-state index is 0.965. The van der Waals surface area contributed by atoms with Gasteiger partial charge < -0.3 is 10.2 Å². The summed E-state index contributed by atoms with van der Waals surface area (Å²) in [6.07, 6.45) is 0. The summed E-state index contributed by atoms with van der Waals surface area (Å²) in [6, 6.07) is 18.9. The Balaban J connectivity index is 1.76. The van der Waals surface area contributed by atoms with Crippen molar-refractivity contribution in [3.05, 3.63) is 65.7 Å². The van der Waals surface area contributed by atoms with E-state index in [9.17, 15) is 0 Å². The first-order valence-electron chi connectivity index (χ1n) is 6.77. The van der Waals surface area contributed by atoms with E-state index in [1.165, 1.54) is 16.8 Å². The number of nitrogens with zero attached hydrogens (tertiary/aromatic N) is 1. The fourth-order valence-corrected chi connectivity index (χ4v) is 2.10. The number of likely N-dealkylation sites (N-methyl/N-ethyl adjacent to an activating group) is 1. The van der Waals surface area contributed by atoms with E-state index in [2.05, 4.69) is 72.7 Å². The van der Waals surface area contributed by atoms with Crippen LogP contribution in [-0.2, 0) is 6.54 Å². The molecule has 0 aliphatic heterocycles. The van der Waals surface area contributed by atoms with Crippen molar-refractivity contribution in [3.8, 4) is 0 Å². The predicted octanol–water partition coefficient (Wildman–Crippen LogP) is 3.54. The Bertz CT molecular complexity index is 494. The molecule has 0 saturated carbocycles. The average Bonchev–Trinajstić information content (AvgIpc) is 2.43. The van der Waals surface area contributed by atoms with Gasteiger partial charge >= 0.3 is 0 Å². The van der Waals surface area contributed by atoms with Crippen molar-refractivity contribution in [2.45, 2.75) is 13.5 Å². The van der Waals surface area contributed by atoms with Gasteiger partial charge in [0.1, 0.15) is 0 Å². The lowest BCUT2D eigenvalue weighted by Crippen LogP contribution is -2.25. The Kier molecular flexibility index (Phi) is 4.99. The maximum atomic E-state index is 3.43. The van der Waals surface area contributed by atoms with E-state index in [1.807, 2.05) is 6.07 Å². The number of hydrogen-bond acceptors (Lipinski definition) is 2. The molecule has 0 saturated heterocycles. The third kappa shape index (κ3) is 4.42. The molecule has 1 N–H and O–H groups in total. The third-order valence-corrected chi connectivity index (χ3v) is 3.30. The molecule has 19 heavy (non-hydrogen) atoms. The van der Waals surface area contributed by atoms with Crippen molar-refractivity contribution in [2.24, 2.45) is 0 Å². The Morgan fingerprint density at radius 1 is 0.947 bits per heavy atom. The normalized spacial score (nSPS) is 10.7. The number of hydrogen-bond donors (Lipinski definition) is 1. The van der Waals surface area contributed by atoms with Crippen LogP contribution in [0.25, 0.3) is 0 Å².